The molecule has 0 saturated heterocycles. The van der Waals surface area contributed by atoms with Crippen molar-refractivity contribution in [3.05, 3.63) is 64.7 Å². The van der Waals surface area contributed by atoms with E-state index in [-0.39, 0.29) is 0 Å². The van der Waals surface area contributed by atoms with E-state index in [9.17, 15) is 0 Å². The molecule has 1 nitrogen and oxygen atoms in total. The number of benzene rings is 2. The predicted octanol–water partition coefficient (Wildman–Crippen LogP) is 3.48. The van der Waals surface area contributed by atoms with Crippen molar-refractivity contribution < 1.29 is 0 Å². The van der Waals surface area contributed by atoms with E-state index < -0.39 is 0 Å². The van der Waals surface area contributed by atoms with Crippen LogP contribution in [-0.2, 0) is 6.42 Å². The fourth-order valence-corrected chi connectivity index (χ4v) is 1.96. The van der Waals surface area contributed by atoms with E-state index in [4.69, 9.17) is 5.73 Å². The molecular formula is C15H17N. The Kier molecular flexibility index (Phi) is 2.95. The molecular weight excluding hydrogens is 194 g/mol. The Labute approximate surface area is 96.9 Å². The first-order chi connectivity index (χ1) is 7.66. The van der Waals surface area contributed by atoms with Crippen LogP contribution >= 0.6 is 0 Å². The molecule has 2 aromatic rings. The SMILES string of the molecule is Cc1cc(N)c(C)c(Cc2ccccc2)c1. The Morgan fingerprint density at radius 2 is 1.69 bits per heavy atom. The summed E-state index contributed by atoms with van der Waals surface area (Å²) in [5.41, 5.74) is 12.0. The predicted molar refractivity (Wildman–Crippen MR) is 69.6 cm³/mol. The zero-order valence-electron chi connectivity index (χ0n) is 9.83. The van der Waals surface area contributed by atoms with Gasteiger partial charge >= 0.3 is 0 Å². The van der Waals surface area contributed by atoms with Gasteiger partial charge in [-0.1, -0.05) is 36.4 Å². The fourth-order valence-electron chi connectivity index (χ4n) is 1.96. The molecule has 2 N–H and O–H groups in total. The molecule has 0 aromatic heterocycles. The van der Waals surface area contributed by atoms with Crippen LogP contribution in [0.5, 0.6) is 0 Å². The van der Waals surface area contributed by atoms with Crippen LogP contribution < -0.4 is 5.73 Å². The zero-order chi connectivity index (χ0) is 11.5. The average molecular weight is 211 g/mol. The molecule has 1 heteroatoms. The summed E-state index contributed by atoms with van der Waals surface area (Å²) in [5.74, 6) is 0. The maximum Gasteiger partial charge on any atom is 0.0349 e. The van der Waals surface area contributed by atoms with Gasteiger partial charge in [-0.3, -0.25) is 0 Å². The van der Waals surface area contributed by atoms with Crippen molar-refractivity contribution in [1.82, 2.24) is 0 Å². The normalized spacial score (nSPS) is 10.4. The second-order valence-electron chi connectivity index (χ2n) is 4.30. The van der Waals surface area contributed by atoms with Crippen LogP contribution in [0.4, 0.5) is 5.69 Å². The second kappa shape index (κ2) is 4.40. The number of hydrogen-bond acceptors (Lipinski definition) is 1. The van der Waals surface area contributed by atoms with Crippen LogP contribution in [0.1, 0.15) is 22.3 Å². The van der Waals surface area contributed by atoms with Crippen LogP contribution in [0.3, 0.4) is 0 Å². The first-order valence-electron chi connectivity index (χ1n) is 5.56. The molecule has 0 radical (unpaired) electrons. The first-order valence-corrected chi connectivity index (χ1v) is 5.56. The minimum Gasteiger partial charge on any atom is -0.398 e. The average Bonchev–Trinajstić information content (AvgIpc) is 2.27. The Bertz CT molecular complexity index is 486. The van der Waals surface area contributed by atoms with Gasteiger partial charge in [-0.2, -0.15) is 0 Å². The van der Waals surface area contributed by atoms with Gasteiger partial charge in [0, 0.05) is 5.69 Å². The molecule has 0 aliphatic carbocycles. The van der Waals surface area contributed by atoms with Crippen molar-refractivity contribution in [3.8, 4) is 0 Å². The molecule has 0 atom stereocenters. The van der Waals surface area contributed by atoms with Gasteiger partial charge in [0.15, 0.2) is 0 Å². The van der Waals surface area contributed by atoms with Crippen molar-refractivity contribution >= 4 is 5.69 Å². The monoisotopic (exact) mass is 211 g/mol. The second-order valence-corrected chi connectivity index (χ2v) is 4.30. The van der Waals surface area contributed by atoms with E-state index in [0.717, 1.165) is 12.1 Å². The molecule has 0 spiro atoms. The molecule has 0 saturated carbocycles. The van der Waals surface area contributed by atoms with Crippen LogP contribution in [0, 0.1) is 13.8 Å². The molecule has 82 valence electrons. The Morgan fingerprint density at radius 3 is 2.38 bits per heavy atom. The first kappa shape index (κ1) is 10.7. The van der Waals surface area contributed by atoms with Gasteiger partial charge in [0.05, 0.1) is 0 Å². The van der Waals surface area contributed by atoms with Gasteiger partial charge < -0.3 is 5.73 Å². The molecule has 0 aliphatic rings. The topological polar surface area (TPSA) is 26.0 Å². The number of nitrogen functional groups attached to an aromatic ring is 1. The number of anilines is 1. The lowest BCUT2D eigenvalue weighted by atomic mass is 9.97. The van der Waals surface area contributed by atoms with E-state index in [1.54, 1.807) is 0 Å². The van der Waals surface area contributed by atoms with Gasteiger partial charge in [-0.05, 0) is 48.6 Å². The lowest BCUT2D eigenvalue weighted by Gasteiger charge is -2.10. The molecule has 0 aliphatic heterocycles. The van der Waals surface area contributed by atoms with Crippen molar-refractivity contribution in [1.29, 1.82) is 0 Å². The van der Waals surface area contributed by atoms with Gasteiger partial charge in [0.1, 0.15) is 0 Å². The van der Waals surface area contributed by atoms with E-state index in [0.29, 0.717) is 0 Å². The summed E-state index contributed by atoms with van der Waals surface area (Å²) in [6, 6.07) is 14.7. The number of rotatable bonds is 2. The van der Waals surface area contributed by atoms with E-state index in [1.165, 1.54) is 22.3 Å². The summed E-state index contributed by atoms with van der Waals surface area (Å²) in [6.07, 6.45) is 0.957. The third-order valence-electron chi connectivity index (χ3n) is 2.94. The van der Waals surface area contributed by atoms with Crippen molar-refractivity contribution in [2.24, 2.45) is 0 Å². The highest BCUT2D eigenvalue weighted by molar-refractivity contribution is 5.53. The van der Waals surface area contributed by atoms with Crippen LogP contribution in [0.2, 0.25) is 0 Å². The van der Waals surface area contributed by atoms with Gasteiger partial charge in [-0.25, -0.2) is 0 Å². The third kappa shape index (κ3) is 2.25. The van der Waals surface area contributed by atoms with E-state index >= 15 is 0 Å². The maximum absolute atomic E-state index is 5.98. The van der Waals surface area contributed by atoms with Crippen molar-refractivity contribution in [2.75, 3.05) is 5.73 Å². The summed E-state index contributed by atoms with van der Waals surface area (Å²) in [6.45, 7) is 4.18. The van der Waals surface area contributed by atoms with E-state index in [1.807, 2.05) is 12.1 Å². The largest absolute Gasteiger partial charge is 0.398 e. The lowest BCUT2D eigenvalue weighted by molar-refractivity contribution is 1.15. The molecule has 0 fully saturated rings. The minimum absolute atomic E-state index is 0.894. The van der Waals surface area contributed by atoms with Crippen LogP contribution in [0.15, 0.2) is 42.5 Å². The smallest absolute Gasteiger partial charge is 0.0349 e. The highest BCUT2D eigenvalue weighted by atomic mass is 14.6. The summed E-state index contributed by atoms with van der Waals surface area (Å²) >= 11 is 0. The molecule has 2 aromatic carbocycles. The van der Waals surface area contributed by atoms with E-state index in [2.05, 4.69) is 44.2 Å². The third-order valence-corrected chi connectivity index (χ3v) is 2.94. The molecule has 0 bridgehead atoms. The summed E-state index contributed by atoms with van der Waals surface area (Å²) < 4.78 is 0. The molecule has 0 unspecified atom stereocenters. The van der Waals surface area contributed by atoms with Gasteiger partial charge in [0.2, 0.25) is 0 Å². The Morgan fingerprint density at radius 1 is 1.00 bits per heavy atom. The van der Waals surface area contributed by atoms with Gasteiger partial charge in [0.25, 0.3) is 0 Å². The molecule has 16 heavy (non-hydrogen) atoms. The van der Waals surface area contributed by atoms with Crippen molar-refractivity contribution in [2.45, 2.75) is 20.3 Å². The minimum atomic E-state index is 0.894. The summed E-state index contributed by atoms with van der Waals surface area (Å²) in [7, 11) is 0. The molecule has 0 heterocycles. The summed E-state index contributed by atoms with van der Waals surface area (Å²) in [5, 5.41) is 0. The molecule has 2 rings (SSSR count). The van der Waals surface area contributed by atoms with Crippen molar-refractivity contribution in [3.63, 3.8) is 0 Å². The number of nitrogens with two attached hydrogens (primary N) is 1. The fraction of sp³-hybridized carbons (Fsp3) is 0.200. The lowest BCUT2D eigenvalue weighted by Crippen LogP contribution is -1.98. The highest BCUT2D eigenvalue weighted by Crippen LogP contribution is 2.21. The standard InChI is InChI=1S/C15H17N/c1-11-8-14(12(2)15(16)9-11)10-13-6-4-3-5-7-13/h3-9H,10,16H2,1-2H3. The quantitative estimate of drug-likeness (QED) is 0.756. The van der Waals surface area contributed by atoms with Gasteiger partial charge in [-0.15, -0.1) is 0 Å². The Balaban J connectivity index is 2.35. The maximum atomic E-state index is 5.98. The number of hydrogen-bond donors (Lipinski definition) is 1. The number of aryl methyl sites for hydroxylation is 1. The zero-order valence-corrected chi connectivity index (χ0v) is 9.83. The van der Waals surface area contributed by atoms with Crippen LogP contribution in [-0.4, -0.2) is 0 Å². The van der Waals surface area contributed by atoms with Crippen LogP contribution in [0.25, 0.3) is 0 Å². The Hall–Kier alpha value is -1.76. The summed E-state index contributed by atoms with van der Waals surface area (Å²) in [4.78, 5) is 0. The molecule has 0 amide bonds. The highest BCUT2D eigenvalue weighted by Gasteiger charge is 2.04.